The molecule has 0 aliphatic carbocycles. The molecule has 2 aromatic carbocycles. The molecule has 0 spiro atoms. The van der Waals surface area contributed by atoms with Gasteiger partial charge < -0.3 is 26.3 Å². The summed E-state index contributed by atoms with van der Waals surface area (Å²) in [5, 5.41) is 21.7. The molecule has 1 aliphatic heterocycles. The van der Waals surface area contributed by atoms with Crippen molar-refractivity contribution in [2.75, 3.05) is 42.7 Å². The summed E-state index contributed by atoms with van der Waals surface area (Å²) in [6.07, 6.45) is -2.08. The van der Waals surface area contributed by atoms with Crippen molar-refractivity contribution in [2.24, 2.45) is 5.16 Å². The Hall–Kier alpha value is -4.76. The number of amides is 2. The molecule has 4 aromatic rings. The number of rotatable bonds is 6. The SMILES string of the molecule is Nc1ncnn2c(CN3CCOCC3)c(C=NO)c(-c3ccc(NC(=O)Nc4cc(C(F)(F)F)ccc4F)cc3)c12. The molecule has 2 aromatic heterocycles. The van der Waals surface area contributed by atoms with Crippen molar-refractivity contribution in [3.05, 3.63) is 71.4 Å². The first-order valence-electron chi connectivity index (χ1n) is 12.3. The van der Waals surface area contributed by atoms with Crippen molar-refractivity contribution in [2.45, 2.75) is 12.7 Å². The molecule has 1 saturated heterocycles. The largest absolute Gasteiger partial charge is 0.416 e. The predicted molar refractivity (Wildman–Crippen MR) is 142 cm³/mol. The lowest BCUT2D eigenvalue weighted by atomic mass is 10.0. The first-order chi connectivity index (χ1) is 19.7. The van der Waals surface area contributed by atoms with Crippen LogP contribution < -0.4 is 16.4 Å². The van der Waals surface area contributed by atoms with Crippen LogP contribution in [0.2, 0.25) is 0 Å². The number of morpholine rings is 1. The van der Waals surface area contributed by atoms with Crippen molar-refractivity contribution >= 4 is 35.0 Å². The van der Waals surface area contributed by atoms with Gasteiger partial charge in [0.15, 0.2) is 5.82 Å². The van der Waals surface area contributed by atoms with Crippen LogP contribution in [0.1, 0.15) is 16.8 Å². The van der Waals surface area contributed by atoms with Gasteiger partial charge in [0, 0.05) is 36.4 Å². The van der Waals surface area contributed by atoms with Gasteiger partial charge in [-0.2, -0.15) is 18.3 Å². The number of nitrogens with one attached hydrogen (secondary N) is 2. The molecule has 1 aliphatic rings. The summed E-state index contributed by atoms with van der Waals surface area (Å²) in [6.45, 7) is 3.03. The van der Waals surface area contributed by atoms with E-state index in [1.54, 1.807) is 28.8 Å². The van der Waals surface area contributed by atoms with E-state index in [0.717, 1.165) is 0 Å². The number of carbonyl (C=O) groups is 1. The Morgan fingerprint density at radius 1 is 1.15 bits per heavy atom. The van der Waals surface area contributed by atoms with Gasteiger partial charge in [0.25, 0.3) is 0 Å². The van der Waals surface area contributed by atoms with Crippen LogP contribution in [-0.2, 0) is 17.5 Å². The minimum absolute atomic E-state index is 0.195. The number of anilines is 3. The smallest absolute Gasteiger partial charge is 0.411 e. The number of alkyl halides is 3. The predicted octanol–water partition coefficient (Wildman–Crippen LogP) is 4.42. The normalized spacial score (nSPS) is 14.5. The Labute approximate surface area is 230 Å². The lowest BCUT2D eigenvalue weighted by Crippen LogP contribution is -2.36. The van der Waals surface area contributed by atoms with Crippen LogP contribution in [0.4, 0.5) is 39.5 Å². The average molecular weight is 573 g/mol. The van der Waals surface area contributed by atoms with Gasteiger partial charge in [0.2, 0.25) is 0 Å². The topological polar surface area (TPSA) is 142 Å². The minimum Gasteiger partial charge on any atom is -0.411 e. The fraction of sp³-hybridized carbons (Fsp3) is 0.231. The lowest BCUT2D eigenvalue weighted by Gasteiger charge is -2.26. The number of benzene rings is 2. The maximum Gasteiger partial charge on any atom is 0.416 e. The van der Waals surface area contributed by atoms with E-state index in [-0.39, 0.29) is 11.5 Å². The molecule has 15 heteroatoms. The second-order valence-electron chi connectivity index (χ2n) is 9.12. The fourth-order valence-corrected chi connectivity index (χ4v) is 4.61. The third-order valence-electron chi connectivity index (χ3n) is 6.53. The summed E-state index contributed by atoms with van der Waals surface area (Å²) in [4.78, 5) is 18.7. The standard InChI is InChI=1S/C26H24F4N8O3/c27-19-6-3-16(26(28,29)30)11-20(19)36-25(39)35-17-4-1-15(2-5-17)22-18(12-34-40)21(13-37-7-9-41-10-8-37)38-23(22)24(31)32-14-33-38/h1-6,11-12,14,40H,7-10,13H2,(H2,31,32,33)(H2,35,36,39). The van der Waals surface area contributed by atoms with E-state index in [1.807, 2.05) is 0 Å². The van der Waals surface area contributed by atoms with Gasteiger partial charge in [-0.25, -0.2) is 18.7 Å². The van der Waals surface area contributed by atoms with E-state index in [9.17, 15) is 27.6 Å². The van der Waals surface area contributed by atoms with Crippen molar-refractivity contribution < 1.29 is 32.3 Å². The fourth-order valence-electron chi connectivity index (χ4n) is 4.61. The zero-order valence-corrected chi connectivity index (χ0v) is 21.3. The number of carbonyl (C=O) groups excluding carboxylic acids is 1. The third kappa shape index (κ3) is 5.90. The summed E-state index contributed by atoms with van der Waals surface area (Å²) < 4.78 is 60.1. The Morgan fingerprint density at radius 3 is 2.56 bits per heavy atom. The quantitative estimate of drug-likeness (QED) is 0.116. The van der Waals surface area contributed by atoms with E-state index in [0.29, 0.717) is 78.9 Å². The van der Waals surface area contributed by atoms with Gasteiger partial charge in [0.1, 0.15) is 17.7 Å². The number of aromatic nitrogens is 3. The molecule has 214 valence electrons. The highest BCUT2D eigenvalue weighted by molar-refractivity contribution is 6.03. The molecular formula is C26H24F4N8O3. The van der Waals surface area contributed by atoms with Crippen LogP contribution in [0.25, 0.3) is 16.6 Å². The number of oxime groups is 1. The number of nitrogen functional groups attached to an aromatic ring is 1. The summed E-state index contributed by atoms with van der Waals surface area (Å²) in [6, 6.07) is 7.20. The minimum atomic E-state index is -4.70. The van der Waals surface area contributed by atoms with Crippen LogP contribution in [0.5, 0.6) is 0 Å². The van der Waals surface area contributed by atoms with E-state index in [2.05, 4.69) is 30.8 Å². The number of ether oxygens (including phenoxy) is 1. The lowest BCUT2D eigenvalue weighted by molar-refractivity contribution is -0.137. The molecule has 41 heavy (non-hydrogen) atoms. The second kappa shape index (κ2) is 11.4. The molecule has 1 fully saturated rings. The number of nitrogens with zero attached hydrogens (tertiary/aromatic N) is 5. The summed E-state index contributed by atoms with van der Waals surface area (Å²) in [5.41, 5.74) is 7.78. The van der Waals surface area contributed by atoms with Crippen LogP contribution >= 0.6 is 0 Å². The third-order valence-corrected chi connectivity index (χ3v) is 6.53. The molecular weight excluding hydrogens is 548 g/mol. The van der Waals surface area contributed by atoms with Crippen LogP contribution in [-0.4, -0.2) is 63.3 Å². The molecule has 3 heterocycles. The monoisotopic (exact) mass is 572 g/mol. The van der Waals surface area contributed by atoms with Crippen LogP contribution in [0.3, 0.4) is 0 Å². The van der Waals surface area contributed by atoms with Gasteiger partial charge in [-0.3, -0.25) is 4.90 Å². The number of halogens is 4. The van der Waals surface area contributed by atoms with E-state index in [1.165, 1.54) is 12.5 Å². The van der Waals surface area contributed by atoms with Crippen LogP contribution in [0.15, 0.2) is 53.9 Å². The maximum absolute atomic E-state index is 14.0. The zero-order chi connectivity index (χ0) is 29.1. The average Bonchev–Trinajstić information content (AvgIpc) is 3.24. The highest BCUT2D eigenvalue weighted by Gasteiger charge is 2.31. The molecule has 0 radical (unpaired) electrons. The van der Waals surface area contributed by atoms with E-state index >= 15 is 0 Å². The number of hydrogen-bond acceptors (Lipinski definition) is 8. The highest BCUT2D eigenvalue weighted by Crippen LogP contribution is 2.36. The Balaban J connectivity index is 1.43. The molecule has 11 nitrogen and oxygen atoms in total. The first kappa shape index (κ1) is 27.8. The van der Waals surface area contributed by atoms with Gasteiger partial charge in [0.05, 0.1) is 36.4 Å². The number of hydrogen-bond donors (Lipinski definition) is 4. The molecule has 5 rings (SSSR count). The Bertz CT molecular complexity index is 1600. The molecule has 2 amide bonds. The van der Waals surface area contributed by atoms with Gasteiger partial charge >= 0.3 is 12.2 Å². The molecule has 0 saturated carbocycles. The highest BCUT2D eigenvalue weighted by atomic mass is 19.4. The van der Waals surface area contributed by atoms with Crippen molar-refractivity contribution in [3.8, 4) is 11.1 Å². The zero-order valence-electron chi connectivity index (χ0n) is 21.3. The number of fused-ring (bicyclic) bond motifs is 1. The molecule has 0 atom stereocenters. The molecule has 0 unspecified atom stereocenters. The Morgan fingerprint density at radius 2 is 1.88 bits per heavy atom. The van der Waals surface area contributed by atoms with E-state index in [4.69, 9.17) is 10.5 Å². The van der Waals surface area contributed by atoms with Crippen LogP contribution in [0, 0.1) is 5.82 Å². The number of urea groups is 1. The maximum atomic E-state index is 14.0. The van der Waals surface area contributed by atoms with Gasteiger partial charge in [-0.05, 0) is 35.9 Å². The van der Waals surface area contributed by atoms with Crippen molar-refractivity contribution in [1.82, 2.24) is 19.5 Å². The summed E-state index contributed by atoms with van der Waals surface area (Å²) in [7, 11) is 0. The molecule has 5 N–H and O–H groups in total. The number of nitrogens with two attached hydrogens (primary N) is 1. The summed E-state index contributed by atoms with van der Waals surface area (Å²) >= 11 is 0. The van der Waals surface area contributed by atoms with Crippen molar-refractivity contribution in [3.63, 3.8) is 0 Å². The Kier molecular flexibility index (Phi) is 7.72. The van der Waals surface area contributed by atoms with E-state index < -0.39 is 29.3 Å². The molecule has 0 bridgehead atoms. The van der Waals surface area contributed by atoms with Gasteiger partial charge in [-0.15, -0.1) is 0 Å². The summed E-state index contributed by atoms with van der Waals surface area (Å²) in [5.74, 6) is -0.824. The van der Waals surface area contributed by atoms with Gasteiger partial charge in [-0.1, -0.05) is 17.3 Å². The first-order valence-corrected chi connectivity index (χ1v) is 12.3. The van der Waals surface area contributed by atoms with Crippen molar-refractivity contribution in [1.29, 1.82) is 0 Å². The second-order valence-corrected chi connectivity index (χ2v) is 9.12.